The topological polar surface area (TPSA) is 44.4 Å². The van der Waals surface area contributed by atoms with Crippen LogP contribution >= 0.6 is 0 Å². The Balaban J connectivity index is 1.86. The highest BCUT2D eigenvalue weighted by Gasteiger charge is 2.41. The highest BCUT2D eigenvalue weighted by Crippen LogP contribution is 2.32. The number of rotatable bonds is 4. The van der Waals surface area contributed by atoms with Gasteiger partial charge in [0.1, 0.15) is 0 Å². The van der Waals surface area contributed by atoms with Gasteiger partial charge in [-0.05, 0) is 53.0 Å². The maximum atomic E-state index is 12.7. The molecule has 0 bridgehead atoms. The van der Waals surface area contributed by atoms with E-state index >= 15 is 0 Å². The summed E-state index contributed by atoms with van der Waals surface area (Å²) < 4.78 is 0. The van der Waals surface area contributed by atoms with Gasteiger partial charge >= 0.3 is 0 Å². The summed E-state index contributed by atoms with van der Waals surface area (Å²) in [5, 5.41) is 6.73. The Labute approximate surface area is 130 Å². The molecule has 1 atom stereocenters. The molecule has 0 radical (unpaired) electrons. The number of hydrogen-bond donors (Lipinski definition) is 2. The summed E-state index contributed by atoms with van der Waals surface area (Å²) in [4.78, 5) is 15.3. The molecule has 0 aromatic carbocycles. The second-order valence-electron chi connectivity index (χ2n) is 7.86. The van der Waals surface area contributed by atoms with E-state index < -0.39 is 0 Å². The van der Waals surface area contributed by atoms with Crippen LogP contribution in [0.5, 0.6) is 0 Å². The van der Waals surface area contributed by atoms with Crippen molar-refractivity contribution in [1.82, 2.24) is 15.5 Å². The van der Waals surface area contributed by atoms with E-state index in [0.717, 1.165) is 58.3 Å². The average Bonchev–Trinajstić information content (AvgIpc) is 2.89. The van der Waals surface area contributed by atoms with Gasteiger partial charge in [0, 0.05) is 31.2 Å². The minimum absolute atomic E-state index is 0.143. The van der Waals surface area contributed by atoms with Gasteiger partial charge in [-0.2, -0.15) is 0 Å². The lowest BCUT2D eigenvalue weighted by atomic mass is 9.81. The lowest BCUT2D eigenvalue weighted by Crippen LogP contribution is -2.53. The molecule has 2 aliphatic heterocycles. The summed E-state index contributed by atoms with van der Waals surface area (Å²) in [6.07, 6.45) is 5.25. The van der Waals surface area contributed by atoms with Crippen LogP contribution in [-0.4, -0.2) is 48.6 Å². The van der Waals surface area contributed by atoms with Crippen LogP contribution in [0.15, 0.2) is 0 Å². The van der Waals surface area contributed by atoms with Crippen molar-refractivity contribution >= 4 is 5.91 Å². The average molecular weight is 295 g/mol. The zero-order valence-corrected chi connectivity index (χ0v) is 14.3. The van der Waals surface area contributed by atoms with Crippen molar-refractivity contribution in [1.29, 1.82) is 0 Å². The Bertz CT molecular complexity index is 348. The Kier molecular flexibility index (Phi) is 5.31. The maximum absolute atomic E-state index is 12.7. The standard InChI is InChI=1S/C17H33N3O/c1-5-8-17(9-10-18-13-17)15(21)19-14-6-11-20(12-7-14)16(2,3)4/h14,18H,5-13H2,1-4H3,(H,19,21). The van der Waals surface area contributed by atoms with E-state index in [1.54, 1.807) is 0 Å². The molecule has 4 heteroatoms. The van der Waals surface area contributed by atoms with Gasteiger partial charge in [-0.25, -0.2) is 0 Å². The van der Waals surface area contributed by atoms with Crippen molar-refractivity contribution < 1.29 is 4.79 Å². The molecule has 0 aromatic heterocycles. The smallest absolute Gasteiger partial charge is 0.227 e. The highest BCUT2D eigenvalue weighted by atomic mass is 16.2. The summed E-state index contributed by atoms with van der Waals surface area (Å²) >= 11 is 0. The number of carbonyl (C=O) groups is 1. The van der Waals surface area contributed by atoms with Crippen molar-refractivity contribution in [3.63, 3.8) is 0 Å². The molecule has 2 heterocycles. The van der Waals surface area contributed by atoms with Crippen molar-refractivity contribution in [2.45, 2.75) is 71.4 Å². The van der Waals surface area contributed by atoms with E-state index in [0.29, 0.717) is 11.9 Å². The van der Waals surface area contributed by atoms with Gasteiger partial charge in [0.25, 0.3) is 0 Å². The summed E-state index contributed by atoms with van der Waals surface area (Å²) in [5.74, 6) is 0.295. The Hall–Kier alpha value is -0.610. The minimum Gasteiger partial charge on any atom is -0.353 e. The molecular formula is C17H33N3O. The van der Waals surface area contributed by atoms with E-state index in [4.69, 9.17) is 0 Å². The molecule has 122 valence electrons. The molecule has 0 spiro atoms. The summed E-state index contributed by atoms with van der Waals surface area (Å²) in [6.45, 7) is 13.0. The van der Waals surface area contributed by atoms with Crippen molar-refractivity contribution in [3.05, 3.63) is 0 Å². The van der Waals surface area contributed by atoms with Gasteiger partial charge < -0.3 is 10.6 Å². The van der Waals surface area contributed by atoms with E-state index in [9.17, 15) is 4.79 Å². The van der Waals surface area contributed by atoms with E-state index in [2.05, 4.69) is 43.2 Å². The van der Waals surface area contributed by atoms with Gasteiger partial charge in [-0.1, -0.05) is 13.3 Å². The molecule has 2 fully saturated rings. The molecule has 4 nitrogen and oxygen atoms in total. The van der Waals surface area contributed by atoms with E-state index in [1.807, 2.05) is 0 Å². The van der Waals surface area contributed by atoms with E-state index in [-0.39, 0.29) is 11.0 Å². The molecular weight excluding hydrogens is 262 g/mol. The third kappa shape index (κ3) is 3.98. The molecule has 2 aliphatic rings. The lowest BCUT2D eigenvalue weighted by Gasteiger charge is -2.41. The van der Waals surface area contributed by atoms with Crippen LogP contribution < -0.4 is 10.6 Å². The molecule has 0 aromatic rings. The number of hydrogen-bond acceptors (Lipinski definition) is 3. The third-order valence-electron chi connectivity index (χ3n) is 5.23. The lowest BCUT2D eigenvalue weighted by molar-refractivity contribution is -0.131. The predicted octanol–water partition coefficient (Wildman–Crippen LogP) is 2.15. The number of carbonyl (C=O) groups excluding carboxylic acids is 1. The first kappa shape index (κ1) is 16.8. The Morgan fingerprint density at radius 1 is 1.33 bits per heavy atom. The maximum Gasteiger partial charge on any atom is 0.227 e. The molecule has 2 N–H and O–H groups in total. The fourth-order valence-electron chi connectivity index (χ4n) is 3.78. The second kappa shape index (κ2) is 6.66. The van der Waals surface area contributed by atoms with Crippen LogP contribution in [-0.2, 0) is 4.79 Å². The first-order chi connectivity index (χ1) is 9.87. The van der Waals surface area contributed by atoms with Gasteiger partial charge in [-0.3, -0.25) is 9.69 Å². The van der Waals surface area contributed by atoms with Gasteiger partial charge in [-0.15, -0.1) is 0 Å². The first-order valence-corrected chi connectivity index (χ1v) is 8.64. The summed E-state index contributed by atoms with van der Waals surface area (Å²) in [5.41, 5.74) is 0.101. The first-order valence-electron chi connectivity index (χ1n) is 8.64. The molecule has 2 rings (SSSR count). The largest absolute Gasteiger partial charge is 0.353 e. The van der Waals surface area contributed by atoms with Crippen molar-refractivity contribution in [2.75, 3.05) is 26.2 Å². The number of amides is 1. The third-order valence-corrected chi connectivity index (χ3v) is 5.23. The quantitative estimate of drug-likeness (QED) is 0.835. The minimum atomic E-state index is -0.143. The van der Waals surface area contributed by atoms with Gasteiger partial charge in [0.2, 0.25) is 5.91 Å². The number of piperidine rings is 1. The molecule has 0 aliphatic carbocycles. The van der Waals surface area contributed by atoms with Crippen molar-refractivity contribution in [2.24, 2.45) is 5.41 Å². The Morgan fingerprint density at radius 3 is 2.48 bits per heavy atom. The highest BCUT2D eigenvalue weighted by molar-refractivity contribution is 5.83. The molecule has 2 saturated heterocycles. The summed E-state index contributed by atoms with van der Waals surface area (Å²) in [7, 11) is 0. The summed E-state index contributed by atoms with van der Waals surface area (Å²) in [6, 6.07) is 0.366. The monoisotopic (exact) mass is 295 g/mol. The number of nitrogens with one attached hydrogen (secondary N) is 2. The van der Waals surface area contributed by atoms with Crippen LogP contribution in [0, 0.1) is 5.41 Å². The predicted molar refractivity (Wildman–Crippen MR) is 87.3 cm³/mol. The fourth-order valence-corrected chi connectivity index (χ4v) is 3.78. The van der Waals surface area contributed by atoms with Crippen LogP contribution in [0.25, 0.3) is 0 Å². The second-order valence-corrected chi connectivity index (χ2v) is 7.86. The zero-order chi connectivity index (χ0) is 15.5. The number of likely N-dealkylation sites (tertiary alicyclic amines) is 1. The molecule has 21 heavy (non-hydrogen) atoms. The van der Waals surface area contributed by atoms with Crippen LogP contribution in [0.1, 0.15) is 59.8 Å². The van der Waals surface area contributed by atoms with E-state index in [1.165, 1.54) is 0 Å². The Morgan fingerprint density at radius 2 is 2.00 bits per heavy atom. The molecule has 1 amide bonds. The molecule has 0 saturated carbocycles. The number of nitrogens with zero attached hydrogens (tertiary/aromatic N) is 1. The van der Waals surface area contributed by atoms with Gasteiger partial charge in [0.15, 0.2) is 0 Å². The molecule has 1 unspecified atom stereocenters. The fraction of sp³-hybridized carbons (Fsp3) is 0.941. The zero-order valence-electron chi connectivity index (χ0n) is 14.3. The normalized spacial score (nSPS) is 28.8. The van der Waals surface area contributed by atoms with Crippen LogP contribution in [0.2, 0.25) is 0 Å². The SMILES string of the molecule is CCCC1(C(=O)NC2CCN(C(C)(C)C)CC2)CCNC1. The van der Waals surface area contributed by atoms with Crippen LogP contribution in [0.4, 0.5) is 0 Å². The van der Waals surface area contributed by atoms with Crippen LogP contribution in [0.3, 0.4) is 0 Å². The van der Waals surface area contributed by atoms with Crippen molar-refractivity contribution in [3.8, 4) is 0 Å². The van der Waals surface area contributed by atoms with Gasteiger partial charge in [0.05, 0.1) is 5.41 Å².